The molecule has 0 unspecified atom stereocenters. The molecule has 0 spiro atoms. The van der Waals surface area contributed by atoms with E-state index in [1.54, 1.807) is 0 Å². The standard InChI is InChI=1S/C73H50N5.CH3.Ir/c1-46-48(3)77-38-35-55-40-53(29-32-66(55)72(77)75-46)61-18-8-10-20-63(61)58-42-59(64-21-11-9-19-62(64)54-30-33-67-56(41-54)36-39-78-49(4)47(2)76-73(67)78)44-60(43-58)65-22-12-13-23-68(65)69-34-31-57(71-24-14-15-37-74-71)45-70(69)52-27-25-51(26-28-52)50-16-6-5-7-17-50;;/h5-30,34-45H,1-4H3;1H3;/q-3;-1;. The Bertz CT molecular complexity index is 4460. The molecule has 9 aromatic carbocycles. The van der Waals surface area contributed by atoms with E-state index < -0.39 is 0 Å². The van der Waals surface area contributed by atoms with Crippen molar-refractivity contribution in [2.24, 2.45) is 0 Å². The number of hydrogen-bond acceptors (Lipinski definition) is 3. The van der Waals surface area contributed by atoms with Crippen LogP contribution in [-0.2, 0) is 20.1 Å². The van der Waals surface area contributed by atoms with E-state index in [-0.39, 0.29) is 27.5 Å². The van der Waals surface area contributed by atoms with Gasteiger partial charge in [-0.2, -0.15) is 0 Å². The van der Waals surface area contributed by atoms with Crippen LogP contribution in [0.1, 0.15) is 22.8 Å². The summed E-state index contributed by atoms with van der Waals surface area (Å²) in [4.78, 5) is 14.7. The summed E-state index contributed by atoms with van der Waals surface area (Å²) in [7, 11) is 0. The Hall–Kier alpha value is -9.32. The molecular formula is C74H53IrN5-4. The molecule has 1 radical (unpaired) electrons. The van der Waals surface area contributed by atoms with Crippen molar-refractivity contribution in [1.82, 2.24) is 23.8 Å². The zero-order chi connectivity index (χ0) is 52.4. The van der Waals surface area contributed by atoms with Crippen LogP contribution in [0.25, 0.3) is 133 Å². The molecule has 5 heterocycles. The van der Waals surface area contributed by atoms with Gasteiger partial charge in [0.1, 0.15) is 0 Å². The van der Waals surface area contributed by atoms with Gasteiger partial charge in [-0.25, -0.2) is 0 Å². The Labute approximate surface area is 481 Å². The van der Waals surface area contributed by atoms with Crippen molar-refractivity contribution in [2.45, 2.75) is 27.7 Å². The average Bonchev–Trinajstić information content (AvgIpc) is 3.99. The number of imidazole rings is 2. The van der Waals surface area contributed by atoms with Crippen molar-refractivity contribution in [2.75, 3.05) is 0 Å². The molecule has 6 heteroatoms. The van der Waals surface area contributed by atoms with E-state index in [9.17, 15) is 0 Å². The Morgan fingerprint density at radius 3 is 1.29 bits per heavy atom. The summed E-state index contributed by atoms with van der Waals surface area (Å²) in [6.07, 6.45) is 6.10. The van der Waals surface area contributed by atoms with E-state index in [4.69, 9.17) is 15.0 Å². The second-order valence-corrected chi connectivity index (χ2v) is 20.3. The largest absolute Gasteiger partial charge is 0.358 e. The zero-order valence-corrected chi connectivity index (χ0v) is 47.4. The van der Waals surface area contributed by atoms with Gasteiger partial charge in [-0.3, -0.25) is 9.97 Å². The van der Waals surface area contributed by atoms with E-state index in [0.29, 0.717) is 0 Å². The first-order chi connectivity index (χ1) is 38.3. The fourth-order valence-corrected chi connectivity index (χ4v) is 11.4. The van der Waals surface area contributed by atoms with Gasteiger partial charge in [0.2, 0.25) is 0 Å². The molecule has 14 aromatic rings. The van der Waals surface area contributed by atoms with Crippen molar-refractivity contribution in [3.63, 3.8) is 0 Å². The summed E-state index contributed by atoms with van der Waals surface area (Å²) in [6.45, 7) is 8.37. The Balaban J connectivity index is 0.00000318. The van der Waals surface area contributed by atoms with Crippen molar-refractivity contribution in [1.29, 1.82) is 0 Å². The first kappa shape index (κ1) is 51.4. The van der Waals surface area contributed by atoms with E-state index in [0.717, 1.165) is 145 Å². The molecule has 0 aliphatic rings. The fourth-order valence-electron chi connectivity index (χ4n) is 11.4. The minimum absolute atomic E-state index is 0. The van der Waals surface area contributed by atoms with E-state index >= 15 is 0 Å². The van der Waals surface area contributed by atoms with E-state index in [1.165, 1.54) is 11.1 Å². The van der Waals surface area contributed by atoms with Gasteiger partial charge in [0, 0.05) is 49.1 Å². The molecule has 0 atom stereocenters. The Morgan fingerprint density at radius 1 is 0.350 bits per heavy atom. The van der Waals surface area contributed by atoms with Crippen molar-refractivity contribution in [3.8, 4) is 100 Å². The summed E-state index contributed by atoms with van der Waals surface area (Å²) in [5, 5.41) is 4.21. The molecule has 14 rings (SSSR count). The second kappa shape index (κ2) is 21.1. The predicted octanol–water partition coefficient (Wildman–Crippen LogP) is 18.8. The maximum Gasteiger partial charge on any atom is 0.0609 e. The quantitative estimate of drug-likeness (QED) is 0.135. The number of rotatable bonds is 9. The van der Waals surface area contributed by atoms with Crippen LogP contribution in [0.3, 0.4) is 0 Å². The molecule has 0 aliphatic carbocycles. The van der Waals surface area contributed by atoms with Crippen LogP contribution in [0.5, 0.6) is 0 Å². The number of benzene rings is 9. The molecule has 0 saturated heterocycles. The number of pyridine rings is 3. The first-order valence-corrected chi connectivity index (χ1v) is 26.5. The van der Waals surface area contributed by atoms with E-state index in [2.05, 4.69) is 267 Å². The average molecular weight is 1200 g/mol. The monoisotopic (exact) mass is 1200 g/mol. The van der Waals surface area contributed by atoms with Gasteiger partial charge in [-0.1, -0.05) is 191 Å². The smallest absolute Gasteiger partial charge is 0.0609 e. The molecule has 0 aliphatic heterocycles. The summed E-state index contributed by atoms with van der Waals surface area (Å²) >= 11 is 0. The molecule has 0 saturated carbocycles. The molecule has 0 amide bonds. The normalized spacial score (nSPS) is 11.3. The van der Waals surface area contributed by atoms with Gasteiger partial charge >= 0.3 is 0 Å². The maximum absolute atomic E-state index is 4.95. The zero-order valence-electron chi connectivity index (χ0n) is 45.0. The third-order valence-corrected chi connectivity index (χ3v) is 15.7. The summed E-state index contributed by atoms with van der Waals surface area (Å²) in [5.74, 6) is 0. The number of fused-ring (bicyclic) bond motifs is 6. The number of aryl methyl sites for hydroxylation is 4. The van der Waals surface area contributed by atoms with Crippen LogP contribution in [0.15, 0.2) is 231 Å². The van der Waals surface area contributed by atoms with Gasteiger partial charge in [0.05, 0.1) is 11.3 Å². The number of aromatic nitrogens is 5. The van der Waals surface area contributed by atoms with Crippen LogP contribution >= 0.6 is 0 Å². The molecule has 0 fully saturated rings. The van der Waals surface area contributed by atoms with Gasteiger partial charge in [-0.15, -0.1) is 81.7 Å². The molecule has 0 bridgehead atoms. The first-order valence-electron chi connectivity index (χ1n) is 26.5. The van der Waals surface area contributed by atoms with Gasteiger partial charge in [0.15, 0.2) is 0 Å². The van der Waals surface area contributed by atoms with Gasteiger partial charge in [-0.05, 0) is 120 Å². The van der Waals surface area contributed by atoms with Crippen LogP contribution in [0.4, 0.5) is 0 Å². The molecule has 0 N–H and O–H groups in total. The van der Waals surface area contributed by atoms with Crippen molar-refractivity contribution in [3.05, 3.63) is 279 Å². The minimum atomic E-state index is 0. The van der Waals surface area contributed by atoms with Crippen molar-refractivity contribution >= 4 is 32.8 Å². The molecule has 387 valence electrons. The Morgan fingerprint density at radius 2 is 0.787 bits per heavy atom. The number of nitrogens with zero attached hydrogens (tertiary/aromatic N) is 5. The number of hydrogen-bond donors (Lipinski definition) is 0. The van der Waals surface area contributed by atoms with Crippen LogP contribution in [0, 0.1) is 53.3 Å². The molecule has 5 nitrogen and oxygen atoms in total. The third kappa shape index (κ3) is 9.03. The summed E-state index contributed by atoms with van der Waals surface area (Å²) in [6, 6.07) is 87.7. The molecular weight excluding hydrogens is 1150 g/mol. The Kier molecular flexibility index (Phi) is 13.6. The van der Waals surface area contributed by atoms with Crippen LogP contribution in [-0.4, -0.2) is 23.8 Å². The maximum atomic E-state index is 4.95. The van der Waals surface area contributed by atoms with E-state index in [1.807, 2.05) is 18.3 Å². The van der Waals surface area contributed by atoms with Crippen LogP contribution < -0.4 is 0 Å². The predicted molar refractivity (Wildman–Crippen MR) is 328 cm³/mol. The minimum Gasteiger partial charge on any atom is -0.358 e. The SMILES string of the molecule is Cc1nc2c3[c-]cc(-c4ccccc4-c4cc(-c5ccccc5-c5c[c-]c6c(ccn7c(C)c(C)nc67)c5)cc(-c5ccccc5-c5c[c-]c(-c6ccccn6)cc5-c5ccc(-c6ccccc6)cc5)c4)cc3ccn2c1C.[CH3-].[Ir]. The molecule has 5 aromatic heterocycles. The van der Waals surface area contributed by atoms with Crippen LogP contribution in [0.2, 0.25) is 0 Å². The van der Waals surface area contributed by atoms with Gasteiger partial charge < -0.3 is 21.2 Å². The molecule has 80 heavy (non-hydrogen) atoms. The third-order valence-electron chi connectivity index (χ3n) is 15.7. The summed E-state index contributed by atoms with van der Waals surface area (Å²) in [5.41, 5.74) is 25.8. The summed E-state index contributed by atoms with van der Waals surface area (Å²) < 4.78 is 4.33. The fraction of sp³-hybridized carbons (Fsp3) is 0.0541. The van der Waals surface area contributed by atoms with Crippen molar-refractivity contribution < 1.29 is 20.1 Å². The topological polar surface area (TPSA) is 47.5 Å². The van der Waals surface area contributed by atoms with Gasteiger partial charge in [0.25, 0.3) is 0 Å². The second-order valence-electron chi connectivity index (χ2n) is 20.3.